The summed E-state index contributed by atoms with van der Waals surface area (Å²) in [6.45, 7) is 2.05. The third kappa shape index (κ3) is 5.39. The Labute approximate surface area is 216 Å². The first kappa shape index (κ1) is 24.3. The highest BCUT2D eigenvalue weighted by atomic mass is 32.1. The maximum atomic E-state index is 12.1. The molecule has 10 heteroatoms. The van der Waals surface area contributed by atoms with E-state index in [1.165, 1.54) is 6.07 Å². The lowest BCUT2D eigenvalue weighted by molar-refractivity contribution is -0.197. The number of benzene rings is 3. The van der Waals surface area contributed by atoms with Crippen molar-refractivity contribution >= 4 is 50.7 Å². The number of rotatable bonds is 7. The van der Waals surface area contributed by atoms with Crippen LogP contribution in [0.2, 0.25) is 0 Å². The zero-order chi connectivity index (χ0) is 25.9. The van der Waals surface area contributed by atoms with E-state index in [0.717, 1.165) is 26.4 Å². The lowest BCUT2D eigenvalue weighted by Crippen LogP contribution is -2.32. The maximum absolute atomic E-state index is 12.1. The Morgan fingerprint density at radius 1 is 1.05 bits per heavy atom. The Morgan fingerprint density at radius 2 is 1.81 bits per heavy atom. The Bertz CT molecular complexity index is 1530. The van der Waals surface area contributed by atoms with E-state index in [0.29, 0.717) is 16.3 Å². The van der Waals surface area contributed by atoms with Gasteiger partial charge in [-0.15, -0.1) is 21.5 Å². The number of aromatic hydroxyl groups is 1. The van der Waals surface area contributed by atoms with Crippen LogP contribution in [0.4, 0.5) is 11.4 Å². The second-order valence-electron chi connectivity index (χ2n) is 8.56. The second-order valence-corrected chi connectivity index (χ2v) is 9.59. The summed E-state index contributed by atoms with van der Waals surface area (Å²) in [5.74, 6) is -1.78. The first-order valence-electron chi connectivity index (χ1n) is 11.6. The van der Waals surface area contributed by atoms with E-state index in [4.69, 9.17) is 9.82 Å². The van der Waals surface area contributed by atoms with Gasteiger partial charge in [0.15, 0.2) is 0 Å². The number of aromatic nitrogens is 1. The molecule has 1 N–H and O–H groups in total. The van der Waals surface area contributed by atoms with Crippen LogP contribution in [-0.2, 0) is 25.6 Å². The summed E-state index contributed by atoms with van der Waals surface area (Å²) in [7, 11) is 0. The predicted octanol–water partition coefficient (Wildman–Crippen LogP) is 5.93. The monoisotopic (exact) mass is 514 g/mol. The molecule has 1 aliphatic rings. The number of hydrogen-bond donors (Lipinski definition) is 1. The summed E-state index contributed by atoms with van der Waals surface area (Å²) in [6.07, 6.45) is 0.311. The number of azo groups is 1. The van der Waals surface area contributed by atoms with Crippen molar-refractivity contribution < 1.29 is 24.3 Å². The molecule has 1 fully saturated rings. The molecule has 1 aliphatic heterocycles. The van der Waals surface area contributed by atoms with Crippen LogP contribution in [0.1, 0.15) is 30.4 Å². The van der Waals surface area contributed by atoms with Gasteiger partial charge in [0, 0.05) is 18.4 Å². The van der Waals surface area contributed by atoms with Crippen LogP contribution < -0.4 is 0 Å². The fraction of sp³-hybridized carbons (Fsp3) is 0.185. The molecular weight excluding hydrogens is 492 g/mol. The molecule has 2 heterocycles. The van der Waals surface area contributed by atoms with Crippen molar-refractivity contribution in [3.05, 3.63) is 71.8 Å². The minimum Gasteiger partial charge on any atom is -0.506 e. The van der Waals surface area contributed by atoms with Crippen molar-refractivity contribution in [2.75, 3.05) is 0 Å². The van der Waals surface area contributed by atoms with E-state index < -0.39 is 17.8 Å². The number of thiazole rings is 1. The molecule has 0 aliphatic carbocycles. The van der Waals surface area contributed by atoms with Gasteiger partial charge >= 0.3 is 5.97 Å². The molecule has 0 spiro atoms. The predicted molar refractivity (Wildman–Crippen MR) is 138 cm³/mol. The number of carbonyl (C=O) groups excluding carboxylic acids is 3. The minimum atomic E-state index is -0.691. The van der Waals surface area contributed by atoms with Crippen LogP contribution in [0.3, 0.4) is 0 Å². The average Bonchev–Trinajstić information content (AvgIpc) is 3.47. The number of aryl methyl sites for hydroxylation is 2. The third-order valence-electron chi connectivity index (χ3n) is 5.86. The first-order chi connectivity index (χ1) is 17.9. The summed E-state index contributed by atoms with van der Waals surface area (Å²) in [5.41, 5.74) is 4.70. The van der Waals surface area contributed by atoms with Crippen LogP contribution in [0.15, 0.2) is 70.9 Å². The largest absolute Gasteiger partial charge is 0.506 e. The standard InChI is InChI=1S/C27H22N4O5S/c1-16-3-2-4-22-26(16)28-27(37-22)18-7-9-19(10-8-18)29-30-20-15-17(5-11-21(20)32)6-14-25(35)36-31-23(33)12-13-24(31)34/h2-5,7-11,15,32H,6,12-14H2,1H3. The molecule has 186 valence electrons. The molecule has 3 aromatic carbocycles. The van der Waals surface area contributed by atoms with Crippen molar-refractivity contribution in [3.8, 4) is 16.3 Å². The summed E-state index contributed by atoms with van der Waals surface area (Å²) in [5, 5.41) is 20.0. The number of hydrogen-bond acceptors (Lipinski definition) is 9. The van der Waals surface area contributed by atoms with E-state index in [1.807, 2.05) is 43.3 Å². The van der Waals surface area contributed by atoms with Crippen molar-refractivity contribution in [1.82, 2.24) is 10.0 Å². The summed E-state index contributed by atoms with van der Waals surface area (Å²) in [6, 6.07) is 18.4. The highest BCUT2D eigenvalue weighted by molar-refractivity contribution is 7.21. The van der Waals surface area contributed by atoms with Gasteiger partial charge in [0.05, 0.1) is 22.3 Å². The van der Waals surface area contributed by atoms with Gasteiger partial charge in [-0.2, -0.15) is 5.11 Å². The van der Waals surface area contributed by atoms with Gasteiger partial charge in [-0.3, -0.25) is 9.59 Å². The SMILES string of the molecule is Cc1cccc2sc(-c3ccc(N=Nc4cc(CCC(=O)ON5C(=O)CCC5=O)ccc4O)cc3)nc12. The molecule has 0 radical (unpaired) electrons. The Hall–Kier alpha value is -4.44. The normalized spacial score (nSPS) is 13.7. The number of imide groups is 1. The molecule has 1 aromatic heterocycles. The smallest absolute Gasteiger partial charge is 0.333 e. The molecule has 37 heavy (non-hydrogen) atoms. The molecular formula is C27H22N4O5S. The third-order valence-corrected chi connectivity index (χ3v) is 6.93. The first-order valence-corrected chi connectivity index (χ1v) is 12.5. The van der Waals surface area contributed by atoms with Gasteiger partial charge < -0.3 is 9.94 Å². The minimum absolute atomic E-state index is 0.0445. The van der Waals surface area contributed by atoms with E-state index in [1.54, 1.807) is 23.5 Å². The van der Waals surface area contributed by atoms with Crippen molar-refractivity contribution in [2.45, 2.75) is 32.6 Å². The lowest BCUT2D eigenvalue weighted by atomic mass is 10.1. The number of amides is 2. The van der Waals surface area contributed by atoms with Gasteiger partial charge in [0.1, 0.15) is 16.4 Å². The second kappa shape index (κ2) is 10.3. The summed E-state index contributed by atoms with van der Waals surface area (Å²) >= 11 is 1.63. The molecule has 4 aromatic rings. The molecule has 0 atom stereocenters. The number of carbonyl (C=O) groups is 3. The fourth-order valence-electron chi connectivity index (χ4n) is 3.85. The van der Waals surface area contributed by atoms with Crippen LogP contribution in [0, 0.1) is 6.92 Å². The van der Waals surface area contributed by atoms with Crippen molar-refractivity contribution in [2.24, 2.45) is 10.2 Å². The molecule has 0 unspecified atom stereocenters. The van der Waals surface area contributed by atoms with Gasteiger partial charge in [0.25, 0.3) is 11.8 Å². The summed E-state index contributed by atoms with van der Waals surface area (Å²) < 4.78 is 1.14. The van der Waals surface area contributed by atoms with E-state index in [-0.39, 0.29) is 37.1 Å². The summed E-state index contributed by atoms with van der Waals surface area (Å²) in [4.78, 5) is 44.9. The van der Waals surface area contributed by atoms with Gasteiger partial charge in [-0.1, -0.05) is 18.2 Å². The number of para-hydroxylation sites is 1. The van der Waals surface area contributed by atoms with Crippen LogP contribution >= 0.6 is 11.3 Å². The van der Waals surface area contributed by atoms with Crippen LogP contribution in [0.5, 0.6) is 5.75 Å². The van der Waals surface area contributed by atoms with Crippen LogP contribution in [0.25, 0.3) is 20.8 Å². The number of phenols is 1. The molecule has 5 rings (SSSR count). The Kier molecular flexibility index (Phi) is 6.74. The zero-order valence-electron chi connectivity index (χ0n) is 19.9. The van der Waals surface area contributed by atoms with Gasteiger partial charge in [-0.05, 0) is 66.9 Å². The van der Waals surface area contributed by atoms with E-state index >= 15 is 0 Å². The topological polar surface area (TPSA) is 122 Å². The Balaban J connectivity index is 1.23. The molecule has 1 saturated heterocycles. The molecule has 9 nitrogen and oxygen atoms in total. The molecule has 0 bridgehead atoms. The molecule has 2 amide bonds. The number of fused-ring (bicyclic) bond motifs is 1. The number of hydroxylamine groups is 2. The maximum Gasteiger partial charge on any atom is 0.333 e. The number of nitrogens with zero attached hydrogens (tertiary/aromatic N) is 4. The quantitative estimate of drug-likeness (QED) is 0.241. The van der Waals surface area contributed by atoms with Gasteiger partial charge in [-0.25, -0.2) is 9.78 Å². The fourth-order valence-corrected chi connectivity index (χ4v) is 4.90. The van der Waals surface area contributed by atoms with Gasteiger partial charge in [0.2, 0.25) is 0 Å². The van der Waals surface area contributed by atoms with E-state index in [9.17, 15) is 19.5 Å². The van der Waals surface area contributed by atoms with Crippen molar-refractivity contribution in [1.29, 1.82) is 0 Å². The zero-order valence-corrected chi connectivity index (χ0v) is 20.7. The lowest BCUT2D eigenvalue weighted by Gasteiger charge is -2.12. The number of phenolic OH excluding ortho intramolecular Hbond substituents is 1. The Morgan fingerprint density at radius 3 is 2.54 bits per heavy atom. The average molecular weight is 515 g/mol. The highest BCUT2D eigenvalue weighted by Gasteiger charge is 2.32. The van der Waals surface area contributed by atoms with E-state index in [2.05, 4.69) is 16.3 Å². The van der Waals surface area contributed by atoms with Crippen molar-refractivity contribution in [3.63, 3.8) is 0 Å². The van der Waals surface area contributed by atoms with Crippen LogP contribution in [-0.4, -0.2) is 32.9 Å². The highest BCUT2D eigenvalue weighted by Crippen LogP contribution is 2.33. The molecule has 0 saturated carbocycles.